The molecule has 2 rings (SSSR count). The minimum Gasteiger partial charge on any atom is -0.404 e. The van der Waals surface area contributed by atoms with Gasteiger partial charge in [-0.3, -0.25) is 4.98 Å². The van der Waals surface area contributed by atoms with Crippen molar-refractivity contribution in [2.75, 3.05) is 7.05 Å². The van der Waals surface area contributed by atoms with Crippen LogP contribution in [0, 0.1) is 0 Å². The Hall–Kier alpha value is -2.13. The minimum atomic E-state index is -4.98. The number of alkyl halides is 3. The molecule has 0 N–H and O–H groups in total. The summed E-state index contributed by atoms with van der Waals surface area (Å²) in [4.78, 5) is 3.31. The largest absolute Gasteiger partial charge is 0.573 e. The third-order valence-corrected chi connectivity index (χ3v) is 4.73. The molecule has 0 spiro atoms. The van der Waals surface area contributed by atoms with Gasteiger partial charge in [-0.15, -0.1) is 13.2 Å². The Balaban J connectivity index is 2.32. The standard InChI is InChI=1S/C14H13F3N2O3S/c1-19(10-11-5-4-8-18-9-11)23(20,21)13-7-3-2-6-12(13)22-14(15,16)17/h2-9H,10H2,1H3. The molecule has 0 aliphatic carbocycles. The van der Waals surface area contributed by atoms with E-state index in [4.69, 9.17) is 0 Å². The van der Waals surface area contributed by atoms with Gasteiger partial charge in [-0.2, -0.15) is 4.31 Å². The molecule has 0 fully saturated rings. The molecule has 0 saturated carbocycles. The van der Waals surface area contributed by atoms with Crippen LogP contribution in [-0.2, 0) is 16.6 Å². The van der Waals surface area contributed by atoms with Crippen LogP contribution in [0.3, 0.4) is 0 Å². The molecule has 23 heavy (non-hydrogen) atoms. The zero-order valence-electron chi connectivity index (χ0n) is 12.0. The monoisotopic (exact) mass is 346 g/mol. The highest BCUT2D eigenvalue weighted by Gasteiger charge is 2.34. The highest BCUT2D eigenvalue weighted by atomic mass is 32.2. The van der Waals surface area contributed by atoms with Crippen molar-refractivity contribution < 1.29 is 26.3 Å². The van der Waals surface area contributed by atoms with E-state index in [9.17, 15) is 21.6 Å². The van der Waals surface area contributed by atoms with Crippen molar-refractivity contribution in [2.24, 2.45) is 0 Å². The Bertz CT molecular complexity index is 764. The summed E-state index contributed by atoms with van der Waals surface area (Å²) in [5, 5.41) is 0. The zero-order valence-corrected chi connectivity index (χ0v) is 12.8. The maximum absolute atomic E-state index is 12.5. The normalized spacial score (nSPS) is 12.4. The Kier molecular flexibility index (Phi) is 4.90. The maximum Gasteiger partial charge on any atom is 0.573 e. The number of ether oxygens (including phenoxy) is 1. The molecular weight excluding hydrogens is 333 g/mol. The molecule has 0 bridgehead atoms. The first kappa shape index (κ1) is 17.2. The van der Waals surface area contributed by atoms with Gasteiger partial charge in [0.15, 0.2) is 0 Å². The molecule has 1 aromatic heterocycles. The van der Waals surface area contributed by atoms with Gasteiger partial charge in [-0.25, -0.2) is 8.42 Å². The molecule has 1 heterocycles. The predicted octanol–water partition coefficient (Wildman–Crippen LogP) is 2.80. The van der Waals surface area contributed by atoms with Gasteiger partial charge in [0, 0.05) is 26.0 Å². The maximum atomic E-state index is 12.5. The van der Waals surface area contributed by atoms with Crippen LogP contribution in [-0.4, -0.2) is 31.1 Å². The molecule has 2 aromatic rings. The highest BCUT2D eigenvalue weighted by Crippen LogP contribution is 2.31. The second-order valence-corrected chi connectivity index (χ2v) is 6.63. The van der Waals surface area contributed by atoms with E-state index in [1.807, 2.05) is 0 Å². The SMILES string of the molecule is CN(Cc1cccnc1)S(=O)(=O)c1ccccc1OC(F)(F)F. The van der Waals surface area contributed by atoms with E-state index < -0.39 is 27.0 Å². The van der Waals surface area contributed by atoms with Gasteiger partial charge < -0.3 is 4.74 Å². The fourth-order valence-corrected chi connectivity index (χ4v) is 3.14. The summed E-state index contributed by atoms with van der Waals surface area (Å²) in [5.74, 6) is -0.766. The Labute approximate surface area is 131 Å². The molecule has 0 aliphatic rings. The van der Waals surface area contributed by atoms with E-state index in [1.165, 1.54) is 31.6 Å². The van der Waals surface area contributed by atoms with Crippen molar-refractivity contribution in [1.82, 2.24) is 9.29 Å². The van der Waals surface area contributed by atoms with Crippen molar-refractivity contribution in [3.8, 4) is 5.75 Å². The van der Waals surface area contributed by atoms with Crippen LogP contribution in [0.2, 0.25) is 0 Å². The number of sulfonamides is 1. The average Bonchev–Trinajstić information content (AvgIpc) is 2.47. The molecule has 0 saturated heterocycles. The fraction of sp³-hybridized carbons (Fsp3) is 0.214. The van der Waals surface area contributed by atoms with Crippen LogP contribution in [0.15, 0.2) is 53.7 Å². The molecular formula is C14H13F3N2O3S. The number of para-hydroxylation sites is 1. The summed E-state index contributed by atoms with van der Waals surface area (Å²) < 4.78 is 67.0. The highest BCUT2D eigenvalue weighted by molar-refractivity contribution is 7.89. The van der Waals surface area contributed by atoms with Crippen molar-refractivity contribution in [2.45, 2.75) is 17.8 Å². The molecule has 124 valence electrons. The lowest BCUT2D eigenvalue weighted by atomic mass is 10.3. The first-order chi connectivity index (χ1) is 10.7. The van der Waals surface area contributed by atoms with Gasteiger partial charge in [0.05, 0.1) is 0 Å². The summed E-state index contributed by atoms with van der Waals surface area (Å²) >= 11 is 0. The second kappa shape index (κ2) is 6.55. The Morgan fingerprint density at radius 1 is 1.17 bits per heavy atom. The van der Waals surface area contributed by atoms with Crippen molar-refractivity contribution >= 4 is 10.0 Å². The van der Waals surface area contributed by atoms with E-state index in [0.717, 1.165) is 16.4 Å². The van der Waals surface area contributed by atoms with Crippen LogP contribution in [0.1, 0.15) is 5.56 Å². The van der Waals surface area contributed by atoms with Gasteiger partial charge in [0.2, 0.25) is 10.0 Å². The third-order valence-electron chi connectivity index (χ3n) is 2.89. The summed E-state index contributed by atoms with van der Waals surface area (Å²) in [6.07, 6.45) is -1.97. The number of nitrogens with zero attached hydrogens (tertiary/aromatic N) is 2. The number of hydrogen-bond donors (Lipinski definition) is 0. The molecule has 0 radical (unpaired) electrons. The molecule has 9 heteroatoms. The van der Waals surface area contributed by atoms with E-state index in [2.05, 4.69) is 9.72 Å². The summed E-state index contributed by atoms with van der Waals surface area (Å²) in [5.41, 5.74) is 0.604. The first-order valence-corrected chi connectivity index (χ1v) is 7.84. The predicted molar refractivity (Wildman–Crippen MR) is 76.0 cm³/mol. The van der Waals surface area contributed by atoms with Crippen LogP contribution >= 0.6 is 0 Å². The average molecular weight is 346 g/mol. The van der Waals surface area contributed by atoms with Crippen molar-refractivity contribution in [1.29, 1.82) is 0 Å². The van der Waals surface area contributed by atoms with E-state index >= 15 is 0 Å². The molecule has 0 aliphatic heterocycles. The van der Waals surface area contributed by atoms with Gasteiger partial charge >= 0.3 is 6.36 Å². The summed E-state index contributed by atoms with van der Waals surface area (Å²) in [6.45, 7) is -0.0312. The number of hydrogen-bond acceptors (Lipinski definition) is 4. The lowest BCUT2D eigenvalue weighted by Crippen LogP contribution is -2.28. The van der Waals surface area contributed by atoms with Crippen molar-refractivity contribution in [3.63, 3.8) is 0 Å². The fourth-order valence-electron chi connectivity index (χ4n) is 1.87. The Morgan fingerprint density at radius 2 is 1.87 bits per heavy atom. The Morgan fingerprint density at radius 3 is 2.48 bits per heavy atom. The van der Waals surface area contributed by atoms with Crippen LogP contribution < -0.4 is 4.74 Å². The quantitative estimate of drug-likeness (QED) is 0.835. The number of benzene rings is 1. The molecule has 5 nitrogen and oxygen atoms in total. The van der Waals surface area contributed by atoms with E-state index in [1.54, 1.807) is 12.1 Å². The minimum absolute atomic E-state index is 0.0312. The van der Waals surface area contributed by atoms with Gasteiger partial charge in [0.1, 0.15) is 10.6 Å². The van der Waals surface area contributed by atoms with Gasteiger partial charge in [0.25, 0.3) is 0 Å². The lowest BCUT2D eigenvalue weighted by molar-refractivity contribution is -0.275. The molecule has 0 unspecified atom stereocenters. The number of pyridine rings is 1. The smallest absolute Gasteiger partial charge is 0.404 e. The van der Waals surface area contributed by atoms with Crippen LogP contribution in [0.5, 0.6) is 5.75 Å². The van der Waals surface area contributed by atoms with Crippen LogP contribution in [0.25, 0.3) is 0 Å². The summed E-state index contributed by atoms with van der Waals surface area (Å²) in [7, 11) is -2.89. The third kappa shape index (κ3) is 4.42. The second-order valence-electron chi connectivity index (χ2n) is 4.62. The first-order valence-electron chi connectivity index (χ1n) is 6.40. The lowest BCUT2D eigenvalue weighted by Gasteiger charge is -2.19. The molecule has 0 amide bonds. The van der Waals surface area contributed by atoms with E-state index in [0.29, 0.717) is 5.56 Å². The number of aromatic nitrogens is 1. The topological polar surface area (TPSA) is 59.5 Å². The number of rotatable bonds is 5. The van der Waals surface area contributed by atoms with Gasteiger partial charge in [-0.05, 0) is 23.8 Å². The molecule has 0 atom stereocenters. The summed E-state index contributed by atoms with van der Waals surface area (Å²) in [6, 6.07) is 7.91. The zero-order chi connectivity index (χ0) is 17.1. The number of halogens is 3. The van der Waals surface area contributed by atoms with Crippen LogP contribution in [0.4, 0.5) is 13.2 Å². The molecule has 1 aromatic carbocycles. The van der Waals surface area contributed by atoms with Crippen molar-refractivity contribution in [3.05, 3.63) is 54.4 Å². The van der Waals surface area contributed by atoms with E-state index in [-0.39, 0.29) is 6.54 Å². The van der Waals surface area contributed by atoms with Gasteiger partial charge in [-0.1, -0.05) is 18.2 Å².